The van der Waals surface area contributed by atoms with E-state index in [0.29, 0.717) is 0 Å². The van der Waals surface area contributed by atoms with Gasteiger partial charge in [-0.25, -0.2) is 0 Å². The fraction of sp³-hybridized carbons (Fsp3) is 0.500. The van der Waals surface area contributed by atoms with Gasteiger partial charge in [-0.15, -0.1) is 0 Å². The van der Waals surface area contributed by atoms with Gasteiger partial charge >= 0.3 is 0 Å². The number of nitrogens with zero attached hydrogens (tertiary/aromatic N) is 2. The Morgan fingerprint density at radius 3 is 2.00 bits per heavy atom. The van der Waals surface area contributed by atoms with Gasteiger partial charge in [-0.05, 0) is 14.1 Å². The van der Waals surface area contributed by atoms with Gasteiger partial charge < -0.3 is 21.5 Å². The highest BCUT2D eigenvalue weighted by atomic mass is 15.3. The smallest absolute Gasteiger partial charge is 0.0947 e. The van der Waals surface area contributed by atoms with E-state index >= 15 is 0 Å². The van der Waals surface area contributed by atoms with Gasteiger partial charge in [0.2, 0.25) is 0 Å². The summed E-state index contributed by atoms with van der Waals surface area (Å²) in [5, 5.41) is 17.0. The fourth-order valence-electron chi connectivity index (χ4n) is 0.214. The molecule has 52 valence electrons. The van der Waals surface area contributed by atoms with Crippen LogP contribution in [0.25, 0.3) is 5.32 Å². The summed E-state index contributed by atoms with van der Waals surface area (Å²) in [6, 6.07) is 0. The van der Waals surface area contributed by atoms with Crippen molar-refractivity contribution in [2.75, 3.05) is 14.1 Å². The molecule has 0 amide bonds. The molecule has 0 saturated heterocycles. The highest BCUT2D eigenvalue weighted by Gasteiger charge is 1.89. The molecule has 5 heteroatoms. The van der Waals surface area contributed by atoms with Crippen LogP contribution in [0.15, 0.2) is 0 Å². The third-order valence-electron chi connectivity index (χ3n) is 0.650. The fourth-order valence-corrected chi connectivity index (χ4v) is 0.214. The van der Waals surface area contributed by atoms with Crippen LogP contribution in [0.5, 0.6) is 0 Å². The van der Waals surface area contributed by atoms with Gasteiger partial charge in [0.15, 0.2) is 0 Å². The summed E-state index contributed by atoms with van der Waals surface area (Å²) in [5.74, 6) is -0.351. The summed E-state index contributed by atoms with van der Waals surface area (Å²) < 4.78 is 0. The van der Waals surface area contributed by atoms with Crippen molar-refractivity contribution in [2.45, 2.75) is 0 Å². The lowest BCUT2D eigenvalue weighted by atomic mass is 10.8. The molecule has 4 N–H and O–H groups in total. The van der Waals surface area contributed by atoms with Crippen LogP contribution in [-0.2, 0) is 0 Å². The van der Waals surface area contributed by atoms with E-state index < -0.39 is 0 Å². The Balaban J connectivity index is 3.64. The highest BCUT2D eigenvalue weighted by molar-refractivity contribution is 6.12. The van der Waals surface area contributed by atoms with Gasteiger partial charge in [0.25, 0.3) is 0 Å². The zero-order chi connectivity index (χ0) is 7.44. The molecule has 0 bridgehead atoms. The van der Waals surface area contributed by atoms with Crippen molar-refractivity contribution in [3.63, 3.8) is 0 Å². The number of nitrogens with one attached hydrogen (secondary N) is 2. The summed E-state index contributed by atoms with van der Waals surface area (Å²) in [7, 11) is 3.32. The predicted molar refractivity (Wildman–Crippen MR) is 36.7 cm³/mol. The zero-order valence-electron chi connectivity index (χ0n) is 5.47. The Morgan fingerprint density at radius 1 is 1.44 bits per heavy atom. The maximum Gasteiger partial charge on any atom is 0.0947 e. The van der Waals surface area contributed by atoms with Crippen molar-refractivity contribution in [1.82, 2.24) is 4.90 Å². The molecule has 0 aliphatic rings. The van der Waals surface area contributed by atoms with Crippen LogP contribution < -0.4 is 5.73 Å². The molecule has 0 rings (SSSR count). The second-order valence-corrected chi connectivity index (χ2v) is 1.72. The number of rotatable bonds is 0. The van der Waals surface area contributed by atoms with Crippen LogP contribution in [0, 0.1) is 10.8 Å². The Hall–Kier alpha value is -1.26. The van der Waals surface area contributed by atoms with Gasteiger partial charge in [-0.3, -0.25) is 5.32 Å². The van der Waals surface area contributed by atoms with Crippen molar-refractivity contribution < 1.29 is 0 Å². The average molecular weight is 128 g/mol. The van der Waals surface area contributed by atoms with E-state index in [1.807, 2.05) is 0 Å². The third-order valence-corrected chi connectivity index (χ3v) is 0.650. The minimum atomic E-state index is -0.339. The molecule has 0 unspecified atom stereocenters. The van der Waals surface area contributed by atoms with E-state index in [1.54, 1.807) is 14.1 Å². The number of hydrogen-bond acceptors (Lipinski definition) is 2. The molecule has 0 spiro atoms. The summed E-state index contributed by atoms with van der Waals surface area (Å²) in [4.78, 5) is 1.46. The lowest BCUT2D eigenvalue weighted by molar-refractivity contribution is 0.620. The molecule has 0 aromatic heterocycles. The first-order valence-corrected chi connectivity index (χ1v) is 2.35. The summed E-state index contributed by atoms with van der Waals surface area (Å²) >= 11 is 0. The molecule has 0 aliphatic heterocycles. The lowest BCUT2D eigenvalue weighted by Crippen LogP contribution is -2.24. The molecule has 9 heavy (non-hydrogen) atoms. The molecular weight excluding hydrogens is 118 g/mol. The van der Waals surface area contributed by atoms with Crippen LogP contribution in [-0.4, -0.2) is 30.9 Å². The topological polar surface area (TPSA) is 91.1 Å². The van der Waals surface area contributed by atoms with Gasteiger partial charge in [-0.1, -0.05) is 0 Å². The summed E-state index contributed by atoms with van der Waals surface area (Å²) in [6.07, 6.45) is 0. The minimum absolute atomic E-state index is 0.0116. The number of guanidine groups is 2. The molecule has 0 aromatic rings. The molecule has 0 heterocycles. The molecule has 0 saturated carbocycles. The predicted octanol–water partition coefficient (Wildman–Crippen LogP) is -0.250. The normalized spacial score (nSPS) is 8.22. The van der Waals surface area contributed by atoms with Gasteiger partial charge in [0, 0.05) is 0 Å². The summed E-state index contributed by atoms with van der Waals surface area (Å²) in [6.45, 7) is 0. The van der Waals surface area contributed by atoms with Crippen LogP contribution in [0.3, 0.4) is 0 Å². The van der Waals surface area contributed by atoms with Crippen molar-refractivity contribution in [3.05, 3.63) is 5.32 Å². The Labute approximate surface area is 53.9 Å². The molecular formula is C4H10N5-. The summed E-state index contributed by atoms with van der Waals surface area (Å²) in [5.41, 5.74) is 4.88. The Bertz CT molecular complexity index is 127. The second kappa shape index (κ2) is 2.91. The van der Waals surface area contributed by atoms with Gasteiger partial charge in [0.1, 0.15) is 0 Å². The first kappa shape index (κ1) is 7.74. The molecule has 5 nitrogen and oxygen atoms in total. The number of hydrogen-bond donors (Lipinski definition) is 3. The van der Waals surface area contributed by atoms with Crippen molar-refractivity contribution in [2.24, 2.45) is 5.73 Å². The van der Waals surface area contributed by atoms with E-state index in [-0.39, 0.29) is 11.9 Å². The van der Waals surface area contributed by atoms with E-state index in [0.717, 1.165) is 0 Å². The molecule has 0 aromatic carbocycles. The highest BCUT2D eigenvalue weighted by Crippen LogP contribution is 1.88. The van der Waals surface area contributed by atoms with Crippen molar-refractivity contribution >= 4 is 11.9 Å². The van der Waals surface area contributed by atoms with Crippen molar-refractivity contribution in [3.8, 4) is 0 Å². The van der Waals surface area contributed by atoms with Crippen LogP contribution in [0.1, 0.15) is 0 Å². The first-order valence-electron chi connectivity index (χ1n) is 2.35. The maximum atomic E-state index is 7.01. The van der Waals surface area contributed by atoms with Gasteiger partial charge in [-0.2, -0.15) is 0 Å². The third kappa shape index (κ3) is 3.33. The number of nitrogens with two attached hydrogens (primary N) is 1. The van der Waals surface area contributed by atoms with Gasteiger partial charge in [0.05, 0.1) is 11.9 Å². The van der Waals surface area contributed by atoms with Crippen LogP contribution in [0.2, 0.25) is 0 Å². The first-order chi connectivity index (χ1) is 4.04. The lowest BCUT2D eigenvalue weighted by Gasteiger charge is -2.18. The van der Waals surface area contributed by atoms with Crippen molar-refractivity contribution in [1.29, 1.82) is 10.8 Å². The Morgan fingerprint density at radius 2 is 1.89 bits per heavy atom. The van der Waals surface area contributed by atoms with E-state index in [9.17, 15) is 0 Å². The molecule has 0 radical (unpaired) electrons. The van der Waals surface area contributed by atoms with E-state index in [4.69, 9.17) is 16.6 Å². The second-order valence-electron chi connectivity index (χ2n) is 1.72. The average Bonchev–Trinajstić information content (AvgIpc) is 1.63. The quantitative estimate of drug-likeness (QED) is 0.310. The SMILES string of the molecule is CN(C)C(=N)[N-]C(=N)N. The standard InChI is InChI=1S/C4H10N5/c1-9(2)4(7)8-3(5)6/h1-2H3,(H4-,5,6,7,8)/q-1. The van der Waals surface area contributed by atoms with Crippen LogP contribution >= 0.6 is 0 Å². The maximum absolute atomic E-state index is 7.01. The zero-order valence-corrected chi connectivity index (χ0v) is 5.47. The largest absolute Gasteiger partial charge is 0.419 e. The monoisotopic (exact) mass is 128 g/mol. The molecule has 0 aliphatic carbocycles. The molecule has 0 atom stereocenters. The van der Waals surface area contributed by atoms with Crippen LogP contribution in [0.4, 0.5) is 0 Å². The minimum Gasteiger partial charge on any atom is -0.419 e. The Kier molecular flexibility index (Phi) is 2.50. The van der Waals surface area contributed by atoms with E-state index in [2.05, 4.69) is 5.32 Å². The van der Waals surface area contributed by atoms with E-state index in [1.165, 1.54) is 4.90 Å². The molecule has 0 fully saturated rings.